The first-order valence-electron chi connectivity index (χ1n) is 9.79. The van der Waals surface area contributed by atoms with E-state index in [9.17, 15) is 0 Å². The van der Waals surface area contributed by atoms with Gasteiger partial charge in [0, 0.05) is 20.4 Å². The molecule has 1 heterocycles. The maximum Gasteiger partial charge on any atom is 0.212 e. The summed E-state index contributed by atoms with van der Waals surface area (Å²) in [7, 11) is 1.87. The van der Waals surface area contributed by atoms with Crippen LogP contribution in [0.4, 0.5) is 0 Å². The molecule has 0 spiro atoms. The van der Waals surface area contributed by atoms with Crippen LogP contribution in [0.3, 0.4) is 0 Å². The van der Waals surface area contributed by atoms with Crippen LogP contribution in [-0.4, -0.2) is 0 Å². The number of aryl methyl sites for hydroxylation is 1. The predicted molar refractivity (Wildman–Crippen MR) is 99.7 cm³/mol. The van der Waals surface area contributed by atoms with Crippen molar-refractivity contribution in [2.45, 2.75) is 60.3 Å². The summed E-state index contributed by atoms with van der Waals surface area (Å²) in [5.74, 6) is 0. The third-order valence-corrected chi connectivity index (χ3v) is 3.97. The minimum absolute atomic E-state index is 0.0302. The maximum atomic E-state index is 8.61. The molecular formula is C22H32N+. The Morgan fingerprint density at radius 2 is 1.70 bits per heavy atom. The molecule has 23 heavy (non-hydrogen) atoms. The molecule has 0 N–H and O–H groups in total. The van der Waals surface area contributed by atoms with E-state index in [0.29, 0.717) is 11.7 Å². The molecule has 0 aliphatic carbocycles. The quantitative estimate of drug-likeness (QED) is 0.656. The molecule has 0 saturated heterocycles. The van der Waals surface area contributed by atoms with Crippen LogP contribution < -0.4 is 4.57 Å². The zero-order valence-electron chi connectivity index (χ0n) is 18.8. The van der Waals surface area contributed by atoms with Crippen molar-refractivity contribution in [3.63, 3.8) is 0 Å². The van der Waals surface area contributed by atoms with Crippen molar-refractivity contribution >= 4 is 0 Å². The zero-order valence-corrected chi connectivity index (χ0v) is 15.8. The highest BCUT2D eigenvalue weighted by Crippen LogP contribution is 2.30. The fourth-order valence-electron chi connectivity index (χ4n) is 2.65. The van der Waals surface area contributed by atoms with Crippen LogP contribution in [0.2, 0.25) is 0 Å². The maximum absolute atomic E-state index is 8.61. The van der Waals surface area contributed by atoms with Crippen molar-refractivity contribution in [2.24, 2.45) is 12.5 Å². The fraction of sp³-hybridized carbons (Fsp3) is 0.500. The minimum Gasteiger partial charge on any atom is -0.201 e. The van der Waals surface area contributed by atoms with Gasteiger partial charge in [-0.25, -0.2) is 4.57 Å². The lowest BCUT2D eigenvalue weighted by Crippen LogP contribution is -2.31. The predicted octanol–water partition coefficient (Wildman–Crippen LogP) is 5.37. The van der Waals surface area contributed by atoms with Crippen molar-refractivity contribution in [2.75, 3.05) is 0 Å². The molecule has 2 aromatic rings. The molecule has 0 fully saturated rings. The van der Waals surface area contributed by atoms with Gasteiger partial charge in [-0.05, 0) is 46.9 Å². The van der Waals surface area contributed by atoms with E-state index in [0.717, 1.165) is 16.8 Å². The van der Waals surface area contributed by atoms with E-state index in [-0.39, 0.29) is 5.41 Å². The van der Waals surface area contributed by atoms with E-state index >= 15 is 0 Å². The highest BCUT2D eigenvalue weighted by Gasteiger charge is 2.20. The number of hydrogen-bond acceptors (Lipinski definition) is 0. The Bertz CT molecular complexity index is 825. The van der Waals surface area contributed by atoms with Gasteiger partial charge in [0.15, 0.2) is 6.17 Å². The Kier molecular flexibility index (Phi) is 3.66. The Hall–Kier alpha value is -1.63. The molecule has 0 amide bonds. The molecule has 1 aromatic heterocycles. The molecule has 0 aliphatic rings. The summed E-state index contributed by atoms with van der Waals surface area (Å²) in [5.41, 5.74) is 4.32. The first-order chi connectivity index (χ1) is 11.7. The number of rotatable bonds is 2. The van der Waals surface area contributed by atoms with E-state index in [1.165, 1.54) is 5.56 Å². The average molecular weight is 314 g/mol. The summed E-state index contributed by atoms with van der Waals surface area (Å²) in [6.07, 6.45) is -1.22. The molecule has 1 heteroatoms. The molecule has 124 valence electrons. The Morgan fingerprint density at radius 3 is 2.26 bits per heavy atom. The first kappa shape index (κ1) is 13.8. The second-order valence-electron chi connectivity index (χ2n) is 8.47. The van der Waals surface area contributed by atoms with Crippen molar-refractivity contribution in [3.8, 4) is 11.3 Å². The van der Waals surface area contributed by atoms with Crippen LogP contribution in [0, 0.1) is 12.3 Å². The van der Waals surface area contributed by atoms with E-state index in [4.69, 9.17) is 4.11 Å². The minimum atomic E-state index is -1.53. The largest absolute Gasteiger partial charge is 0.212 e. The van der Waals surface area contributed by atoms with E-state index < -0.39 is 11.8 Å². The van der Waals surface area contributed by atoms with Gasteiger partial charge in [0.25, 0.3) is 0 Å². The van der Waals surface area contributed by atoms with Crippen molar-refractivity contribution in [3.05, 3.63) is 53.2 Å². The Labute approximate surface area is 146 Å². The fourth-order valence-corrected chi connectivity index (χ4v) is 2.65. The molecule has 1 aromatic carbocycles. The molecule has 0 atom stereocenters. The van der Waals surface area contributed by atoms with Gasteiger partial charge in [0.2, 0.25) is 5.69 Å². The van der Waals surface area contributed by atoms with E-state index in [1.54, 1.807) is 6.07 Å². The molecule has 0 radical (unpaired) electrons. The van der Waals surface area contributed by atoms with Crippen LogP contribution in [0.5, 0.6) is 0 Å². The summed E-state index contributed by atoms with van der Waals surface area (Å²) in [6, 6.07) is 10.0. The standard InChI is InChI=1S/C22H32N/c1-16-9-10-18(22(5,6)7)14-19(16)20-13-17(11-12-23(20)8)15-21(2,3)4/h9-14H,15H2,1-8H3/q+1/i12D,15D2. The van der Waals surface area contributed by atoms with Crippen LogP contribution in [0.1, 0.15) is 62.3 Å². The van der Waals surface area contributed by atoms with Gasteiger partial charge in [-0.1, -0.05) is 53.7 Å². The SMILES string of the molecule is [2H]c1cc(C([2H])([2H])C(C)(C)C)cc(-c2cc(C(C)(C)C)ccc2C)[n+]1C. The van der Waals surface area contributed by atoms with Gasteiger partial charge in [0.1, 0.15) is 8.42 Å². The molecule has 1 nitrogen and oxygen atoms in total. The molecule has 0 unspecified atom stereocenters. The second-order valence-corrected chi connectivity index (χ2v) is 8.47. The summed E-state index contributed by atoms with van der Waals surface area (Å²) in [4.78, 5) is 0. The third-order valence-electron chi connectivity index (χ3n) is 3.97. The van der Waals surface area contributed by atoms with Crippen LogP contribution in [0.15, 0.2) is 36.5 Å². The number of pyridine rings is 1. The lowest BCUT2D eigenvalue weighted by atomic mass is 9.84. The normalized spacial score (nSPS) is 15.0. The summed E-state index contributed by atoms with van der Waals surface area (Å²) < 4.78 is 27.4. The molecule has 2 rings (SSSR count). The topological polar surface area (TPSA) is 3.88 Å². The monoisotopic (exact) mass is 313 g/mol. The number of hydrogen-bond donors (Lipinski definition) is 0. The zero-order chi connectivity index (χ0) is 20.1. The summed E-state index contributed by atoms with van der Waals surface area (Å²) in [5, 5.41) is 0. The highest BCUT2D eigenvalue weighted by atomic mass is 14.9. The molecule has 0 aliphatic heterocycles. The smallest absolute Gasteiger partial charge is 0.201 e. The third kappa shape index (κ3) is 4.43. The lowest BCUT2D eigenvalue weighted by molar-refractivity contribution is -0.660. The van der Waals surface area contributed by atoms with Crippen LogP contribution in [0.25, 0.3) is 11.3 Å². The Balaban J connectivity index is 2.76. The van der Waals surface area contributed by atoms with Crippen molar-refractivity contribution in [1.29, 1.82) is 0 Å². The van der Waals surface area contributed by atoms with Crippen LogP contribution >= 0.6 is 0 Å². The Morgan fingerprint density at radius 1 is 1.04 bits per heavy atom. The first-order valence-corrected chi connectivity index (χ1v) is 8.29. The van der Waals surface area contributed by atoms with E-state index in [1.807, 2.05) is 38.5 Å². The summed E-state index contributed by atoms with van der Waals surface area (Å²) >= 11 is 0. The molecule has 0 bridgehead atoms. The average Bonchev–Trinajstić information content (AvgIpc) is 2.48. The van der Waals surface area contributed by atoms with Crippen molar-refractivity contribution in [1.82, 2.24) is 0 Å². The highest BCUT2D eigenvalue weighted by molar-refractivity contribution is 5.63. The lowest BCUT2D eigenvalue weighted by Gasteiger charge is -2.21. The van der Waals surface area contributed by atoms with E-state index in [2.05, 4.69) is 45.9 Å². The number of nitrogens with zero attached hydrogens (tertiary/aromatic N) is 1. The number of aromatic nitrogens is 1. The summed E-state index contributed by atoms with van der Waals surface area (Å²) in [6.45, 7) is 14.3. The second kappa shape index (κ2) is 6.11. The van der Waals surface area contributed by atoms with Gasteiger partial charge < -0.3 is 0 Å². The molecular weight excluding hydrogens is 278 g/mol. The van der Waals surface area contributed by atoms with Gasteiger partial charge in [-0.3, -0.25) is 0 Å². The van der Waals surface area contributed by atoms with Gasteiger partial charge in [-0.15, -0.1) is 0 Å². The van der Waals surface area contributed by atoms with Gasteiger partial charge in [-0.2, -0.15) is 0 Å². The molecule has 0 saturated carbocycles. The van der Waals surface area contributed by atoms with Gasteiger partial charge >= 0.3 is 0 Å². The van der Waals surface area contributed by atoms with Crippen LogP contribution in [-0.2, 0) is 18.8 Å². The number of benzene rings is 1. The van der Waals surface area contributed by atoms with Gasteiger partial charge in [0.05, 0.1) is 0 Å². The van der Waals surface area contributed by atoms with Crippen molar-refractivity contribution < 1.29 is 8.68 Å².